The molecular weight excluding hydrogens is 561 g/mol. The Kier molecular flexibility index (Phi) is 10.2. The molecule has 0 spiro atoms. The lowest BCUT2D eigenvalue weighted by Crippen LogP contribution is -2.03. The van der Waals surface area contributed by atoms with Gasteiger partial charge in [0.15, 0.2) is 0 Å². The summed E-state index contributed by atoms with van der Waals surface area (Å²) in [5.74, 6) is 3.82. The van der Waals surface area contributed by atoms with Gasteiger partial charge in [0.2, 0.25) is 0 Å². The number of hydrogen-bond donors (Lipinski definition) is 0. The molecule has 0 N–H and O–H groups in total. The molecule has 45 heavy (non-hydrogen) atoms. The maximum atomic E-state index is 4.13. The molecule has 1 heteroatoms. The first-order valence-corrected chi connectivity index (χ1v) is 18.1. The zero-order valence-electron chi connectivity index (χ0n) is 26.3. The summed E-state index contributed by atoms with van der Waals surface area (Å²) in [5, 5.41) is 4.13. The van der Waals surface area contributed by atoms with E-state index in [1.54, 1.807) is 0 Å². The van der Waals surface area contributed by atoms with Crippen molar-refractivity contribution in [2.75, 3.05) is 0 Å². The molecule has 224 valence electrons. The van der Waals surface area contributed by atoms with E-state index in [0.717, 1.165) is 12.8 Å². The van der Waals surface area contributed by atoms with Crippen LogP contribution in [0.4, 0.5) is 0 Å². The molecule has 5 aromatic rings. The Bertz CT molecular complexity index is 1690. The molecule has 0 radical (unpaired) electrons. The predicted molar refractivity (Wildman–Crippen MR) is 197 cm³/mol. The topological polar surface area (TPSA) is 0 Å². The standard InChI is InChI=1S/C44H42S/c1-2-3-4-5-6-7-8-24-35-45(40-33-22-13-23-34-40)43(38-29-18-11-19-30-38)41(36-25-14-9-15-26-36)42(37-27-16-10-17-28-37)44(45)39-31-20-12-21-32-39/h9-23,25-34H,2-8H2,1H3. The van der Waals surface area contributed by atoms with Crippen LogP contribution in [0.5, 0.6) is 0 Å². The van der Waals surface area contributed by atoms with Crippen molar-refractivity contribution in [2.45, 2.75) is 56.8 Å². The lowest BCUT2D eigenvalue weighted by molar-refractivity contribution is 0.614. The van der Waals surface area contributed by atoms with Crippen molar-refractivity contribution in [3.05, 3.63) is 174 Å². The first kappa shape index (κ1) is 30.5. The molecule has 0 atom stereocenters. The molecule has 1 aliphatic rings. The molecule has 0 aromatic heterocycles. The number of unbranched alkanes of at least 4 members (excludes halogenated alkanes) is 6. The Labute approximate surface area is 271 Å². The minimum absolute atomic E-state index is 0.916. The summed E-state index contributed by atoms with van der Waals surface area (Å²) in [6, 6.07) is 55.2. The van der Waals surface area contributed by atoms with Crippen molar-refractivity contribution in [1.29, 1.82) is 0 Å². The molecule has 0 nitrogen and oxygen atoms in total. The minimum atomic E-state index is -2.03. The van der Waals surface area contributed by atoms with Gasteiger partial charge in [0.05, 0.1) is 0 Å². The SMILES string of the molecule is CCCCCCCCC#CS1(c2ccccc2)C(c2ccccc2)=C(c2ccccc2)C(c2ccccc2)=C1c1ccccc1. The van der Waals surface area contributed by atoms with Crippen LogP contribution in [0.15, 0.2) is 157 Å². The Morgan fingerprint density at radius 2 is 0.800 bits per heavy atom. The van der Waals surface area contributed by atoms with E-state index in [9.17, 15) is 0 Å². The summed E-state index contributed by atoms with van der Waals surface area (Å²) in [7, 11) is -2.03. The van der Waals surface area contributed by atoms with Gasteiger partial charge in [0.1, 0.15) is 0 Å². The molecule has 1 heterocycles. The average molecular weight is 603 g/mol. The molecular formula is C44H42S. The van der Waals surface area contributed by atoms with Gasteiger partial charge in [-0.15, -0.1) is 0 Å². The van der Waals surface area contributed by atoms with Gasteiger partial charge in [-0.1, -0.05) is 195 Å². The van der Waals surface area contributed by atoms with Crippen molar-refractivity contribution < 1.29 is 0 Å². The molecule has 0 bridgehead atoms. The van der Waals surface area contributed by atoms with E-state index < -0.39 is 10.0 Å². The maximum absolute atomic E-state index is 4.13. The Hall–Kier alpha value is -4.51. The third-order valence-electron chi connectivity index (χ3n) is 8.49. The normalized spacial score (nSPS) is 14.6. The highest BCUT2D eigenvalue weighted by Crippen LogP contribution is 2.80. The molecule has 0 unspecified atom stereocenters. The minimum Gasteiger partial charge on any atom is -0.0928 e. The fraction of sp³-hybridized carbons (Fsp3) is 0.182. The van der Waals surface area contributed by atoms with Gasteiger partial charge in [-0.2, -0.15) is 0 Å². The maximum Gasteiger partial charge on any atom is 0.0249 e. The number of benzene rings is 5. The highest BCUT2D eigenvalue weighted by atomic mass is 32.3. The summed E-state index contributed by atoms with van der Waals surface area (Å²) >= 11 is 0. The van der Waals surface area contributed by atoms with E-state index in [1.807, 2.05) is 0 Å². The van der Waals surface area contributed by atoms with E-state index in [4.69, 9.17) is 0 Å². The summed E-state index contributed by atoms with van der Waals surface area (Å²) in [5.41, 5.74) is 7.52. The summed E-state index contributed by atoms with van der Waals surface area (Å²) in [4.78, 5) is 3.97. The van der Waals surface area contributed by atoms with Crippen LogP contribution in [-0.2, 0) is 0 Å². The van der Waals surface area contributed by atoms with Gasteiger partial charge in [-0.05, 0) is 46.1 Å². The van der Waals surface area contributed by atoms with Gasteiger partial charge in [-0.25, -0.2) is 0 Å². The third-order valence-corrected chi connectivity index (χ3v) is 12.0. The van der Waals surface area contributed by atoms with Crippen LogP contribution in [0.25, 0.3) is 21.0 Å². The quantitative estimate of drug-likeness (QED) is 0.104. The molecule has 0 saturated carbocycles. The van der Waals surface area contributed by atoms with Gasteiger partial charge in [0, 0.05) is 32.3 Å². The van der Waals surface area contributed by atoms with Crippen LogP contribution in [0.2, 0.25) is 0 Å². The fourth-order valence-electron chi connectivity index (χ4n) is 6.39. The predicted octanol–water partition coefficient (Wildman–Crippen LogP) is 12.7. The molecule has 0 amide bonds. The van der Waals surface area contributed by atoms with E-state index >= 15 is 0 Å². The second-order valence-corrected chi connectivity index (χ2v) is 14.3. The van der Waals surface area contributed by atoms with Crippen molar-refractivity contribution in [2.24, 2.45) is 0 Å². The van der Waals surface area contributed by atoms with Gasteiger partial charge in [-0.3, -0.25) is 0 Å². The summed E-state index contributed by atoms with van der Waals surface area (Å²) in [6.45, 7) is 2.28. The lowest BCUT2D eigenvalue weighted by Gasteiger charge is -2.38. The lowest BCUT2D eigenvalue weighted by atomic mass is 9.89. The van der Waals surface area contributed by atoms with Crippen molar-refractivity contribution >= 4 is 31.0 Å². The molecule has 0 aliphatic carbocycles. The number of hydrogen-bond acceptors (Lipinski definition) is 0. The third kappa shape index (κ3) is 6.49. The average Bonchev–Trinajstić information content (AvgIpc) is 3.43. The van der Waals surface area contributed by atoms with Crippen molar-refractivity contribution in [3.8, 4) is 11.2 Å². The Morgan fingerprint density at radius 3 is 1.24 bits per heavy atom. The van der Waals surface area contributed by atoms with Gasteiger partial charge in [0.25, 0.3) is 0 Å². The molecule has 0 fully saturated rings. The largest absolute Gasteiger partial charge is 0.0928 e. The number of allylic oxidation sites excluding steroid dienone is 2. The van der Waals surface area contributed by atoms with Crippen LogP contribution in [0, 0.1) is 11.2 Å². The molecule has 6 rings (SSSR count). The van der Waals surface area contributed by atoms with Crippen LogP contribution < -0.4 is 0 Å². The summed E-state index contributed by atoms with van der Waals surface area (Å²) < 4.78 is 0. The van der Waals surface area contributed by atoms with E-state index in [2.05, 4.69) is 170 Å². The molecule has 5 aromatic carbocycles. The van der Waals surface area contributed by atoms with Gasteiger partial charge >= 0.3 is 0 Å². The van der Waals surface area contributed by atoms with Crippen LogP contribution >= 0.6 is 10.0 Å². The number of rotatable bonds is 11. The smallest absolute Gasteiger partial charge is 0.0249 e. The first-order chi connectivity index (χ1) is 22.3. The van der Waals surface area contributed by atoms with E-state index in [0.29, 0.717) is 0 Å². The van der Waals surface area contributed by atoms with Gasteiger partial charge < -0.3 is 0 Å². The monoisotopic (exact) mass is 602 g/mol. The highest BCUT2D eigenvalue weighted by molar-refractivity contribution is 8.51. The Balaban J connectivity index is 1.70. The highest BCUT2D eigenvalue weighted by Gasteiger charge is 2.45. The van der Waals surface area contributed by atoms with E-state index in [-0.39, 0.29) is 0 Å². The zero-order valence-corrected chi connectivity index (χ0v) is 27.1. The van der Waals surface area contributed by atoms with Crippen molar-refractivity contribution in [1.82, 2.24) is 0 Å². The second-order valence-electron chi connectivity index (χ2n) is 11.6. The fourth-order valence-corrected chi connectivity index (χ4v) is 10.3. The van der Waals surface area contributed by atoms with Crippen LogP contribution in [0.1, 0.15) is 74.1 Å². The van der Waals surface area contributed by atoms with Crippen molar-refractivity contribution in [3.63, 3.8) is 0 Å². The molecule has 1 aliphatic heterocycles. The summed E-state index contributed by atoms with van der Waals surface area (Å²) in [6.07, 6.45) is 8.54. The first-order valence-electron chi connectivity index (χ1n) is 16.4. The second kappa shape index (κ2) is 15.0. The van der Waals surface area contributed by atoms with Crippen LogP contribution in [0.3, 0.4) is 0 Å². The van der Waals surface area contributed by atoms with E-state index in [1.165, 1.54) is 80.2 Å². The zero-order chi connectivity index (χ0) is 30.7. The Morgan fingerprint density at radius 1 is 0.422 bits per heavy atom. The molecule has 0 saturated heterocycles. The van der Waals surface area contributed by atoms with Crippen LogP contribution in [-0.4, -0.2) is 0 Å².